The van der Waals surface area contributed by atoms with Gasteiger partial charge >= 0.3 is 0 Å². The van der Waals surface area contributed by atoms with E-state index in [-0.39, 0.29) is 21.3 Å². The van der Waals surface area contributed by atoms with Crippen LogP contribution in [0.25, 0.3) is 0 Å². The van der Waals surface area contributed by atoms with Crippen molar-refractivity contribution in [1.29, 1.82) is 0 Å². The van der Waals surface area contributed by atoms with Crippen LogP contribution in [0.4, 0.5) is 24.5 Å². The fraction of sp³-hybridized carbons (Fsp3) is 0. The van der Waals surface area contributed by atoms with Gasteiger partial charge in [-0.25, -0.2) is 13.2 Å². The summed E-state index contributed by atoms with van der Waals surface area (Å²) in [5.74, 6) is -2.40. The molecule has 2 rings (SSSR count). The second kappa shape index (κ2) is 5.68. The summed E-state index contributed by atoms with van der Waals surface area (Å²) in [4.78, 5) is -0.127. The smallest absolute Gasteiger partial charge is 0.150 e. The molecule has 2 aromatic carbocycles. The lowest BCUT2D eigenvalue weighted by molar-refractivity contribution is 0.590. The first kappa shape index (κ1) is 14.6. The van der Waals surface area contributed by atoms with Crippen LogP contribution in [0, 0.1) is 17.5 Å². The number of halogens is 4. The fourth-order valence-corrected chi connectivity index (χ4v) is 1.85. The first-order valence-electron chi connectivity index (χ1n) is 5.39. The third-order valence-electron chi connectivity index (χ3n) is 2.51. The normalized spacial score (nSPS) is 10.4. The third kappa shape index (κ3) is 3.02. The lowest BCUT2D eigenvalue weighted by Gasteiger charge is -2.11. The molecule has 0 aliphatic rings. The topological polar surface area (TPSA) is 38.0 Å². The number of hydrogen-bond acceptors (Lipinski definition) is 2. The van der Waals surface area contributed by atoms with Crippen molar-refractivity contribution < 1.29 is 13.2 Å². The molecule has 0 saturated heterocycles. The highest BCUT2D eigenvalue weighted by atomic mass is 35.5. The average Bonchev–Trinajstić information content (AvgIpc) is 2.37. The molecule has 0 aromatic heterocycles. The third-order valence-corrected chi connectivity index (χ3v) is 3.08. The van der Waals surface area contributed by atoms with Crippen LogP contribution in [-0.2, 0) is 0 Å². The highest BCUT2D eigenvalue weighted by molar-refractivity contribution is 7.80. The maximum absolute atomic E-state index is 13.8. The molecule has 7 heteroatoms. The molecule has 0 fully saturated rings. The molecule has 0 aliphatic carbocycles. The van der Waals surface area contributed by atoms with Gasteiger partial charge in [-0.2, -0.15) is 0 Å². The Hall–Kier alpha value is -1.79. The van der Waals surface area contributed by atoms with Gasteiger partial charge in [0.1, 0.15) is 28.1 Å². The van der Waals surface area contributed by atoms with Gasteiger partial charge in [0.15, 0.2) is 0 Å². The number of benzene rings is 2. The molecule has 0 atom stereocenters. The van der Waals surface area contributed by atoms with E-state index in [0.717, 1.165) is 24.3 Å². The summed E-state index contributed by atoms with van der Waals surface area (Å²) in [7, 11) is 0. The van der Waals surface area contributed by atoms with E-state index in [9.17, 15) is 13.2 Å². The van der Waals surface area contributed by atoms with Gasteiger partial charge in [0.25, 0.3) is 0 Å². The highest BCUT2D eigenvalue weighted by Gasteiger charge is 2.14. The molecule has 2 nitrogen and oxygen atoms in total. The maximum atomic E-state index is 13.8. The first-order valence-corrected chi connectivity index (χ1v) is 6.18. The van der Waals surface area contributed by atoms with Crippen molar-refractivity contribution in [2.24, 2.45) is 5.73 Å². The van der Waals surface area contributed by atoms with Crippen LogP contribution in [0.5, 0.6) is 0 Å². The summed E-state index contributed by atoms with van der Waals surface area (Å²) in [6.45, 7) is 0. The molecule has 0 heterocycles. The second-order valence-corrected chi connectivity index (χ2v) is 4.78. The predicted molar refractivity (Wildman–Crippen MR) is 76.9 cm³/mol. The van der Waals surface area contributed by atoms with Crippen molar-refractivity contribution in [1.82, 2.24) is 0 Å². The number of thiocarbonyl (C=S) groups is 1. The van der Waals surface area contributed by atoms with Gasteiger partial charge in [-0.15, -0.1) is 0 Å². The zero-order valence-electron chi connectivity index (χ0n) is 9.88. The van der Waals surface area contributed by atoms with Gasteiger partial charge < -0.3 is 11.1 Å². The van der Waals surface area contributed by atoms with E-state index in [4.69, 9.17) is 17.3 Å². The van der Waals surface area contributed by atoms with Gasteiger partial charge in [-0.05, 0) is 30.3 Å². The van der Waals surface area contributed by atoms with E-state index in [1.165, 1.54) is 6.07 Å². The van der Waals surface area contributed by atoms with Crippen molar-refractivity contribution in [2.75, 3.05) is 5.32 Å². The van der Waals surface area contributed by atoms with Crippen molar-refractivity contribution in [2.45, 2.75) is 0 Å². The van der Waals surface area contributed by atoms with E-state index >= 15 is 0 Å². The number of nitrogens with one attached hydrogen (secondary N) is 1. The van der Waals surface area contributed by atoms with Crippen molar-refractivity contribution in [3.63, 3.8) is 0 Å². The number of rotatable bonds is 3. The SMILES string of the molecule is NC(=S)c1cc(F)c(Nc2cc(F)ccc2Cl)c(F)c1. The first-order chi connectivity index (χ1) is 9.38. The molecule has 0 aliphatic heterocycles. The Kier molecular flexibility index (Phi) is 4.15. The van der Waals surface area contributed by atoms with Crippen LogP contribution in [0.2, 0.25) is 5.02 Å². The van der Waals surface area contributed by atoms with E-state index in [0.29, 0.717) is 0 Å². The largest absolute Gasteiger partial charge is 0.389 e. The average molecular weight is 317 g/mol. The van der Waals surface area contributed by atoms with Gasteiger partial charge in [0.05, 0.1) is 10.7 Å². The Morgan fingerprint density at radius 3 is 2.25 bits per heavy atom. The lowest BCUT2D eigenvalue weighted by Crippen LogP contribution is -2.11. The van der Waals surface area contributed by atoms with Crippen LogP contribution < -0.4 is 11.1 Å². The van der Waals surface area contributed by atoms with Crippen LogP contribution >= 0.6 is 23.8 Å². The minimum atomic E-state index is -0.909. The molecule has 3 N–H and O–H groups in total. The number of nitrogens with two attached hydrogens (primary N) is 1. The Balaban J connectivity index is 2.44. The maximum Gasteiger partial charge on any atom is 0.150 e. The Morgan fingerprint density at radius 2 is 1.70 bits per heavy atom. The predicted octanol–water partition coefficient (Wildman–Crippen LogP) is 4.14. The van der Waals surface area contributed by atoms with E-state index in [1.54, 1.807) is 0 Å². The van der Waals surface area contributed by atoms with E-state index < -0.39 is 23.1 Å². The monoisotopic (exact) mass is 316 g/mol. The lowest BCUT2D eigenvalue weighted by atomic mass is 10.1. The van der Waals surface area contributed by atoms with Crippen molar-refractivity contribution in [3.8, 4) is 0 Å². The summed E-state index contributed by atoms with van der Waals surface area (Å²) >= 11 is 10.5. The summed E-state index contributed by atoms with van der Waals surface area (Å²) in [5.41, 5.74) is 4.95. The van der Waals surface area contributed by atoms with Crippen LogP contribution in [0.3, 0.4) is 0 Å². The van der Waals surface area contributed by atoms with Crippen molar-refractivity contribution >= 4 is 40.2 Å². The van der Waals surface area contributed by atoms with Crippen LogP contribution in [0.1, 0.15) is 5.56 Å². The molecule has 0 saturated carbocycles. The van der Waals surface area contributed by atoms with Gasteiger partial charge in [-0.3, -0.25) is 0 Å². The molecule has 20 heavy (non-hydrogen) atoms. The van der Waals surface area contributed by atoms with Gasteiger partial charge in [0, 0.05) is 5.56 Å². The number of hydrogen-bond donors (Lipinski definition) is 2. The Labute approximate surface area is 123 Å². The van der Waals surface area contributed by atoms with Crippen LogP contribution in [-0.4, -0.2) is 4.99 Å². The quantitative estimate of drug-likeness (QED) is 0.836. The molecule has 104 valence electrons. The summed E-state index contributed by atoms with van der Waals surface area (Å²) < 4.78 is 40.8. The Morgan fingerprint density at radius 1 is 1.10 bits per heavy atom. The standard InChI is InChI=1S/C13H8ClF3N2S/c14-8-2-1-7(15)5-11(8)19-12-9(16)3-6(13(18)20)4-10(12)17/h1-5,19H,(H2,18,20). The van der Waals surface area contributed by atoms with Gasteiger partial charge in [-0.1, -0.05) is 23.8 Å². The minimum Gasteiger partial charge on any atom is -0.389 e. The van der Waals surface area contributed by atoms with E-state index in [2.05, 4.69) is 17.5 Å². The molecule has 2 aromatic rings. The fourth-order valence-electron chi connectivity index (χ4n) is 1.56. The highest BCUT2D eigenvalue weighted by Crippen LogP contribution is 2.29. The van der Waals surface area contributed by atoms with Gasteiger partial charge in [0.2, 0.25) is 0 Å². The second-order valence-electron chi connectivity index (χ2n) is 3.93. The van der Waals surface area contributed by atoms with Crippen molar-refractivity contribution in [3.05, 3.63) is 58.4 Å². The zero-order chi connectivity index (χ0) is 14.9. The summed E-state index contributed by atoms with van der Waals surface area (Å²) in [6, 6.07) is 5.42. The molecule has 0 unspecified atom stereocenters. The molecule has 0 radical (unpaired) electrons. The summed E-state index contributed by atoms with van der Waals surface area (Å²) in [5, 5.41) is 2.54. The van der Waals surface area contributed by atoms with E-state index in [1.807, 2.05) is 0 Å². The molecular weight excluding hydrogens is 309 g/mol. The number of anilines is 2. The minimum absolute atomic E-state index is 0.0486. The molecule has 0 bridgehead atoms. The zero-order valence-corrected chi connectivity index (χ0v) is 11.5. The summed E-state index contributed by atoms with van der Waals surface area (Å²) in [6.07, 6.45) is 0. The molecule has 0 spiro atoms. The molecular formula is C13H8ClF3N2S. The molecule has 0 amide bonds. The van der Waals surface area contributed by atoms with Crippen LogP contribution in [0.15, 0.2) is 30.3 Å². The Bertz CT molecular complexity index is 668.